The Morgan fingerprint density at radius 3 is 2.63 bits per heavy atom. The molecule has 0 saturated heterocycles. The van der Waals surface area contributed by atoms with Crippen molar-refractivity contribution < 1.29 is 9.59 Å². The number of anilines is 1. The van der Waals surface area contributed by atoms with Crippen LogP contribution < -0.4 is 10.6 Å². The van der Waals surface area contributed by atoms with Crippen LogP contribution in [0.1, 0.15) is 31.7 Å². The Kier molecular flexibility index (Phi) is 6.23. The molecule has 0 aliphatic heterocycles. The van der Waals surface area contributed by atoms with E-state index in [1.165, 1.54) is 12.5 Å². The summed E-state index contributed by atoms with van der Waals surface area (Å²) in [6.45, 7) is 2.24. The van der Waals surface area contributed by atoms with Gasteiger partial charge in [-0.3, -0.25) is 9.59 Å². The number of aromatic nitrogens is 1. The van der Waals surface area contributed by atoms with Crippen LogP contribution in [0.15, 0.2) is 53.9 Å². The van der Waals surface area contributed by atoms with E-state index in [0.717, 1.165) is 53.2 Å². The lowest BCUT2D eigenvalue weighted by Gasteiger charge is -2.05. The lowest BCUT2D eigenvalue weighted by molar-refractivity contribution is -0.119. The van der Waals surface area contributed by atoms with Gasteiger partial charge in [-0.25, -0.2) is 4.98 Å². The van der Waals surface area contributed by atoms with Crippen molar-refractivity contribution in [1.29, 1.82) is 0 Å². The monoisotopic (exact) mass is 419 g/mol. The Morgan fingerprint density at radius 1 is 1.10 bits per heavy atom. The van der Waals surface area contributed by atoms with Gasteiger partial charge in [0.2, 0.25) is 11.8 Å². The van der Waals surface area contributed by atoms with Crippen LogP contribution in [-0.2, 0) is 16.0 Å². The quantitative estimate of drug-likeness (QED) is 0.511. The Hall–Kier alpha value is -2.99. The highest BCUT2D eigenvalue weighted by Gasteiger charge is 2.29. The standard InChI is InChI=1S/C24H25N3O2S/c1-16(28)25-13-3-4-17-7-9-18(10-8-17)22-15-30-24(27-22)20-5-2-6-21(14-20)26-23(29)19-11-12-19/h2,5-10,14-15,19H,3-4,11-13H2,1H3,(H,25,28)(H,26,29). The first-order chi connectivity index (χ1) is 14.6. The first-order valence-electron chi connectivity index (χ1n) is 10.3. The average Bonchev–Trinajstić information content (AvgIpc) is 3.49. The van der Waals surface area contributed by atoms with Crippen LogP contribution in [0.4, 0.5) is 5.69 Å². The van der Waals surface area contributed by atoms with E-state index in [0.29, 0.717) is 6.54 Å². The van der Waals surface area contributed by atoms with Crippen molar-refractivity contribution in [3.05, 3.63) is 59.5 Å². The average molecular weight is 420 g/mol. The molecule has 1 fully saturated rings. The van der Waals surface area contributed by atoms with Gasteiger partial charge in [0.25, 0.3) is 0 Å². The molecule has 2 N–H and O–H groups in total. The molecular weight excluding hydrogens is 394 g/mol. The van der Waals surface area contributed by atoms with Crippen molar-refractivity contribution in [1.82, 2.24) is 10.3 Å². The van der Waals surface area contributed by atoms with Crippen molar-refractivity contribution in [2.75, 3.05) is 11.9 Å². The molecule has 1 aliphatic rings. The Morgan fingerprint density at radius 2 is 1.90 bits per heavy atom. The van der Waals surface area contributed by atoms with Crippen LogP contribution in [0, 0.1) is 5.92 Å². The minimum Gasteiger partial charge on any atom is -0.356 e. The molecule has 0 radical (unpaired) electrons. The lowest BCUT2D eigenvalue weighted by atomic mass is 10.1. The summed E-state index contributed by atoms with van der Waals surface area (Å²) in [4.78, 5) is 27.7. The molecule has 0 spiro atoms. The first kappa shape index (κ1) is 20.3. The van der Waals surface area contributed by atoms with Crippen LogP contribution in [0.25, 0.3) is 21.8 Å². The SMILES string of the molecule is CC(=O)NCCCc1ccc(-c2csc(-c3cccc(NC(=O)C4CC4)c3)n2)cc1. The van der Waals surface area contributed by atoms with E-state index in [-0.39, 0.29) is 17.7 Å². The number of nitrogens with one attached hydrogen (secondary N) is 2. The van der Waals surface area contributed by atoms with Gasteiger partial charge in [0, 0.05) is 41.6 Å². The van der Waals surface area contributed by atoms with Crippen molar-refractivity contribution >= 4 is 28.8 Å². The third-order valence-corrected chi connectivity index (χ3v) is 5.99. The fourth-order valence-electron chi connectivity index (χ4n) is 3.26. The summed E-state index contributed by atoms with van der Waals surface area (Å²) >= 11 is 1.60. The van der Waals surface area contributed by atoms with E-state index < -0.39 is 0 Å². The fourth-order valence-corrected chi connectivity index (χ4v) is 4.08. The zero-order valence-corrected chi connectivity index (χ0v) is 17.8. The molecule has 1 saturated carbocycles. The van der Waals surface area contributed by atoms with Gasteiger partial charge in [-0.15, -0.1) is 11.3 Å². The second kappa shape index (κ2) is 9.22. The molecule has 30 heavy (non-hydrogen) atoms. The lowest BCUT2D eigenvalue weighted by Crippen LogP contribution is -2.21. The van der Waals surface area contributed by atoms with Crippen molar-refractivity contribution in [2.45, 2.75) is 32.6 Å². The van der Waals surface area contributed by atoms with Crippen LogP contribution >= 0.6 is 11.3 Å². The molecule has 154 valence electrons. The zero-order valence-electron chi connectivity index (χ0n) is 17.0. The van der Waals surface area contributed by atoms with Gasteiger partial charge in [0.1, 0.15) is 5.01 Å². The molecule has 1 aromatic heterocycles. The number of rotatable bonds is 8. The maximum absolute atomic E-state index is 12.0. The topological polar surface area (TPSA) is 71.1 Å². The van der Waals surface area contributed by atoms with Gasteiger partial charge < -0.3 is 10.6 Å². The second-order valence-corrected chi connectivity index (χ2v) is 8.52. The maximum Gasteiger partial charge on any atom is 0.227 e. The number of amides is 2. The number of carbonyl (C=O) groups is 2. The fraction of sp³-hybridized carbons (Fsp3) is 0.292. The van der Waals surface area contributed by atoms with E-state index in [9.17, 15) is 9.59 Å². The number of aryl methyl sites for hydroxylation is 1. The summed E-state index contributed by atoms with van der Waals surface area (Å²) in [7, 11) is 0. The molecule has 5 nitrogen and oxygen atoms in total. The summed E-state index contributed by atoms with van der Waals surface area (Å²) in [6, 6.07) is 16.3. The number of benzene rings is 2. The Balaban J connectivity index is 1.40. The Bertz CT molecular complexity index is 1040. The van der Waals surface area contributed by atoms with Gasteiger partial charge in [0.05, 0.1) is 5.69 Å². The summed E-state index contributed by atoms with van der Waals surface area (Å²) < 4.78 is 0. The molecule has 0 unspecified atom stereocenters. The zero-order chi connectivity index (χ0) is 20.9. The highest BCUT2D eigenvalue weighted by molar-refractivity contribution is 7.13. The van der Waals surface area contributed by atoms with Crippen molar-refractivity contribution in [2.24, 2.45) is 5.92 Å². The van der Waals surface area contributed by atoms with E-state index in [1.54, 1.807) is 11.3 Å². The van der Waals surface area contributed by atoms with Gasteiger partial charge >= 0.3 is 0 Å². The molecular formula is C24H25N3O2S. The highest BCUT2D eigenvalue weighted by atomic mass is 32.1. The molecule has 1 aliphatic carbocycles. The molecule has 1 heterocycles. The van der Waals surface area contributed by atoms with E-state index in [1.807, 2.05) is 24.3 Å². The number of carbonyl (C=O) groups excluding carboxylic acids is 2. The highest BCUT2D eigenvalue weighted by Crippen LogP contribution is 2.32. The predicted octanol–water partition coefficient (Wildman–Crippen LogP) is 4.89. The smallest absolute Gasteiger partial charge is 0.227 e. The van der Waals surface area contributed by atoms with Crippen molar-refractivity contribution in [3.8, 4) is 21.8 Å². The van der Waals surface area contributed by atoms with Gasteiger partial charge in [-0.05, 0) is 43.4 Å². The molecule has 3 aromatic rings. The third kappa shape index (κ3) is 5.33. The number of thiazole rings is 1. The van der Waals surface area contributed by atoms with E-state index in [4.69, 9.17) is 4.98 Å². The summed E-state index contributed by atoms with van der Waals surface area (Å²) in [5.74, 6) is 0.318. The normalized spacial score (nSPS) is 13.1. The van der Waals surface area contributed by atoms with Crippen LogP contribution in [0.3, 0.4) is 0 Å². The molecule has 6 heteroatoms. The number of hydrogen-bond donors (Lipinski definition) is 2. The number of hydrogen-bond acceptors (Lipinski definition) is 4. The second-order valence-electron chi connectivity index (χ2n) is 7.67. The van der Waals surface area contributed by atoms with Crippen LogP contribution in [0.5, 0.6) is 0 Å². The van der Waals surface area contributed by atoms with Gasteiger partial charge in [-0.2, -0.15) is 0 Å². The minimum absolute atomic E-state index is 0.0144. The van der Waals surface area contributed by atoms with Crippen LogP contribution in [0.2, 0.25) is 0 Å². The molecule has 4 rings (SSSR count). The van der Waals surface area contributed by atoms with E-state index in [2.05, 4.69) is 40.3 Å². The maximum atomic E-state index is 12.0. The van der Waals surface area contributed by atoms with Crippen molar-refractivity contribution in [3.63, 3.8) is 0 Å². The molecule has 2 amide bonds. The number of nitrogens with zero attached hydrogens (tertiary/aromatic N) is 1. The molecule has 0 bridgehead atoms. The molecule has 2 aromatic carbocycles. The minimum atomic E-state index is 0.0144. The summed E-state index contributed by atoms with van der Waals surface area (Å²) in [5, 5.41) is 8.83. The molecule has 0 atom stereocenters. The Labute approximate surface area is 180 Å². The first-order valence-corrected chi connectivity index (χ1v) is 11.2. The summed E-state index contributed by atoms with van der Waals surface area (Å²) in [5.41, 5.74) is 5.12. The van der Waals surface area contributed by atoms with Crippen LogP contribution in [-0.4, -0.2) is 23.3 Å². The van der Waals surface area contributed by atoms with Gasteiger partial charge in [-0.1, -0.05) is 36.4 Å². The van der Waals surface area contributed by atoms with E-state index >= 15 is 0 Å². The summed E-state index contributed by atoms with van der Waals surface area (Å²) in [6.07, 6.45) is 3.85. The van der Waals surface area contributed by atoms with Gasteiger partial charge in [0.15, 0.2) is 0 Å². The predicted molar refractivity (Wildman–Crippen MR) is 121 cm³/mol. The third-order valence-electron chi connectivity index (χ3n) is 5.10. The largest absolute Gasteiger partial charge is 0.356 e.